The third-order valence-corrected chi connectivity index (χ3v) is 3.46. The molecule has 3 heterocycles. The van der Waals surface area contributed by atoms with Gasteiger partial charge in [0.15, 0.2) is 5.82 Å². The van der Waals surface area contributed by atoms with Crippen LogP contribution < -0.4 is 5.32 Å². The topological polar surface area (TPSA) is 73.5 Å². The number of aromatic nitrogens is 6. The highest BCUT2D eigenvalue weighted by atomic mass is 15.3. The highest BCUT2D eigenvalue weighted by molar-refractivity contribution is 5.51. The largest absolute Gasteiger partial charge is 0.366 e. The molecule has 3 aromatic rings. The molecule has 0 unspecified atom stereocenters. The third-order valence-electron chi connectivity index (χ3n) is 3.46. The van der Waals surface area contributed by atoms with Crippen molar-refractivity contribution < 1.29 is 0 Å². The van der Waals surface area contributed by atoms with E-state index in [0.717, 1.165) is 30.3 Å². The summed E-state index contributed by atoms with van der Waals surface area (Å²) in [6.07, 6.45) is 8.36. The lowest BCUT2D eigenvalue weighted by Gasteiger charge is -2.14. The van der Waals surface area contributed by atoms with E-state index in [1.54, 1.807) is 12.4 Å². The van der Waals surface area contributed by atoms with Gasteiger partial charge in [0.25, 0.3) is 0 Å². The van der Waals surface area contributed by atoms with Crippen molar-refractivity contribution in [2.45, 2.75) is 25.9 Å². The number of imidazole rings is 1. The maximum absolute atomic E-state index is 4.26. The van der Waals surface area contributed by atoms with Gasteiger partial charge in [0.05, 0.1) is 0 Å². The van der Waals surface area contributed by atoms with Gasteiger partial charge in [-0.15, -0.1) is 10.2 Å². The van der Waals surface area contributed by atoms with Gasteiger partial charge in [-0.1, -0.05) is 0 Å². The summed E-state index contributed by atoms with van der Waals surface area (Å²) in [5, 5.41) is 16.0. The highest BCUT2D eigenvalue weighted by Gasteiger charge is 2.07. The van der Waals surface area contributed by atoms with E-state index in [-0.39, 0.29) is 6.04 Å². The van der Waals surface area contributed by atoms with Crippen LogP contribution in [0, 0.1) is 0 Å². The third kappa shape index (κ3) is 3.30. The predicted molar refractivity (Wildman–Crippen MR) is 84.2 cm³/mol. The van der Waals surface area contributed by atoms with Crippen LogP contribution >= 0.6 is 0 Å². The maximum Gasteiger partial charge on any atom is 0.160 e. The van der Waals surface area contributed by atoms with Gasteiger partial charge in [0.1, 0.15) is 11.5 Å². The Labute approximate surface area is 129 Å². The summed E-state index contributed by atoms with van der Waals surface area (Å²) >= 11 is 0. The molecule has 1 atom stereocenters. The molecule has 0 aliphatic carbocycles. The van der Waals surface area contributed by atoms with Gasteiger partial charge >= 0.3 is 0 Å². The molecule has 3 rings (SSSR count). The van der Waals surface area contributed by atoms with Gasteiger partial charge in [-0.05, 0) is 31.5 Å². The summed E-state index contributed by atoms with van der Waals surface area (Å²) < 4.78 is 3.85. The van der Waals surface area contributed by atoms with Gasteiger partial charge in [0, 0.05) is 44.4 Å². The van der Waals surface area contributed by atoms with Crippen LogP contribution in [0.4, 0.5) is 5.82 Å². The minimum atomic E-state index is 0.289. The molecule has 0 spiro atoms. The Morgan fingerprint density at radius 1 is 1.18 bits per heavy atom. The molecule has 0 fully saturated rings. The van der Waals surface area contributed by atoms with Crippen LogP contribution in [-0.2, 0) is 13.6 Å². The van der Waals surface area contributed by atoms with Crippen molar-refractivity contribution in [1.29, 1.82) is 0 Å². The number of hydrogen-bond acceptors (Lipinski definition) is 5. The molecule has 0 bridgehead atoms. The Hall–Kier alpha value is -2.70. The molecule has 114 valence electrons. The summed E-state index contributed by atoms with van der Waals surface area (Å²) in [6, 6.07) is 6.08. The molecule has 0 aromatic carbocycles. The van der Waals surface area contributed by atoms with Crippen LogP contribution in [0.5, 0.6) is 0 Å². The Balaban J connectivity index is 1.57. The van der Waals surface area contributed by atoms with Gasteiger partial charge < -0.3 is 9.88 Å². The van der Waals surface area contributed by atoms with Gasteiger partial charge in [-0.25, -0.2) is 4.98 Å². The molecule has 7 heteroatoms. The first-order valence-corrected chi connectivity index (χ1v) is 7.28. The number of anilines is 1. The summed E-state index contributed by atoms with van der Waals surface area (Å²) in [4.78, 5) is 4.26. The first-order chi connectivity index (χ1) is 10.7. The van der Waals surface area contributed by atoms with Crippen LogP contribution in [0.25, 0.3) is 11.5 Å². The van der Waals surface area contributed by atoms with E-state index in [2.05, 4.69) is 32.5 Å². The minimum Gasteiger partial charge on any atom is -0.366 e. The Bertz CT molecular complexity index is 700. The molecule has 0 radical (unpaired) electrons. The van der Waals surface area contributed by atoms with E-state index in [4.69, 9.17) is 0 Å². The number of nitrogens with zero attached hydrogens (tertiary/aromatic N) is 6. The zero-order valence-electron chi connectivity index (χ0n) is 12.7. The van der Waals surface area contributed by atoms with E-state index in [1.165, 1.54) is 0 Å². The Morgan fingerprint density at radius 3 is 2.73 bits per heavy atom. The second-order valence-corrected chi connectivity index (χ2v) is 5.27. The molecule has 1 N–H and O–H groups in total. The molecule has 0 aliphatic heterocycles. The lowest BCUT2D eigenvalue weighted by molar-refractivity contribution is 0.544. The number of aryl methyl sites for hydroxylation is 2. The molecule has 0 aliphatic rings. The molecule has 7 nitrogen and oxygen atoms in total. The van der Waals surface area contributed by atoms with E-state index >= 15 is 0 Å². The normalized spacial score (nSPS) is 12.3. The van der Waals surface area contributed by atoms with Crippen molar-refractivity contribution in [2.24, 2.45) is 7.05 Å². The quantitative estimate of drug-likeness (QED) is 0.753. The summed E-state index contributed by atoms with van der Waals surface area (Å²) in [5.74, 6) is 1.58. The molecule has 0 amide bonds. The molecule has 0 saturated carbocycles. The first-order valence-electron chi connectivity index (χ1n) is 7.28. The average Bonchev–Trinajstić information content (AvgIpc) is 3.17. The predicted octanol–water partition coefficient (Wildman–Crippen LogP) is 1.96. The first kappa shape index (κ1) is 14.2. The lowest BCUT2D eigenvalue weighted by atomic mass is 10.2. The summed E-state index contributed by atoms with van der Waals surface area (Å²) in [6.45, 7) is 3.00. The molecule has 0 saturated heterocycles. The van der Waals surface area contributed by atoms with Crippen molar-refractivity contribution in [3.63, 3.8) is 0 Å². The van der Waals surface area contributed by atoms with Crippen molar-refractivity contribution in [1.82, 2.24) is 29.5 Å². The number of rotatable bonds is 6. The second kappa shape index (κ2) is 6.38. The summed E-state index contributed by atoms with van der Waals surface area (Å²) in [5.41, 5.74) is 0.766. The zero-order chi connectivity index (χ0) is 15.4. The maximum atomic E-state index is 4.26. The van der Waals surface area contributed by atoms with Crippen LogP contribution in [0.1, 0.15) is 13.3 Å². The van der Waals surface area contributed by atoms with Crippen LogP contribution in [0.3, 0.4) is 0 Å². The SMILES string of the molecule is C[C@H](CCn1cccn1)Nc1ccc(-c2nccn2C)nn1. The van der Waals surface area contributed by atoms with E-state index in [9.17, 15) is 0 Å². The second-order valence-electron chi connectivity index (χ2n) is 5.27. The van der Waals surface area contributed by atoms with Gasteiger partial charge in [-0.2, -0.15) is 5.10 Å². The summed E-state index contributed by atoms with van der Waals surface area (Å²) in [7, 11) is 1.94. The van der Waals surface area contributed by atoms with Gasteiger partial charge in [-0.3, -0.25) is 4.68 Å². The fourth-order valence-electron chi connectivity index (χ4n) is 2.22. The van der Waals surface area contributed by atoms with Crippen molar-refractivity contribution in [3.05, 3.63) is 43.0 Å². The molecular weight excluding hydrogens is 278 g/mol. The standard InChI is InChI=1S/C15H19N7/c1-12(6-10-22-9-3-7-17-22)18-14-5-4-13(19-20-14)15-16-8-11-21(15)2/h3-5,7-9,11-12H,6,10H2,1-2H3,(H,18,20)/t12-/m1/s1. The van der Waals surface area contributed by atoms with E-state index < -0.39 is 0 Å². The zero-order valence-corrected chi connectivity index (χ0v) is 12.7. The molecular formula is C15H19N7. The van der Waals surface area contributed by atoms with Crippen LogP contribution in [0.2, 0.25) is 0 Å². The fourth-order valence-corrected chi connectivity index (χ4v) is 2.22. The smallest absolute Gasteiger partial charge is 0.160 e. The Kier molecular flexibility index (Phi) is 4.13. The van der Waals surface area contributed by atoms with Crippen molar-refractivity contribution >= 4 is 5.82 Å². The minimum absolute atomic E-state index is 0.289. The number of nitrogens with one attached hydrogen (secondary N) is 1. The molecule has 22 heavy (non-hydrogen) atoms. The fraction of sp³-hybridized carbons (Fsp3) is 0.333. The van der Waals surface area contributed by atoms with Crippen molar-refractivity contribution in [3.8, 4) is 11.5 Å². The van der Waals surface area contributed by atoms with Gasteiger partial charge in [0.2, 0.25) is 0 Å². The monoisotopic (exact) mass is 297 g/mol. The highest BCUT2D eigenvalue weighted by Crippen LogP contribution is 2.14. The van der Waals surface area contributed by atoms with E-state index in [0.29, 0.717) is 0 Å². The molecule has 3 aromatic heterocycles. The number of hydrogen-bond donors (Lipinski definition) is 1. The van der Waals surface area contributed by atoms with Crippen LogP contribution in [0.15, 0.2) is 43.0 Å². The van der Waals surface area contributed by atoms with E-state index in [1.807, 2.05) is 46.9 Å². The van der Waals surface area contributed by atoms with Crippen LogP contribution in [-0.4, -0.2) is 35.6 Å². The average molecular weight is 297 g/mol. The Morgan fingerprint density at radius 2 is 2.09 bits per heavy atom. The van der Waals surface area contributed by atoms with Crippen molar-refractivity contribution in [2.75, 3.05) is 5.32 Å². The lowest BCUT2D eigenvalue weighted by Crippen LogP contribution is -2.19.